The quantitative estimate of drug-likeness (QED) is 0.488. The van der Waals surface area contributed by atoms with E-state index < -0.39 is 33.7 Å². The maximum Gasteiger partial charge on any atom is 0.307 e. The number of rotatable bonds is 5. The fourth-order valence-electron chi connectivity index (χ4n) is 1.77. The number of aliphatic carboxylic acids is 1. The first-order chi connectivity index (χ1) is 12.1. The average Bonchev–Trinajstić information content (AvgIpc) is 2.56. The summed E-state index contributed by atoms with van der Waals surface area (Å²) in [7, 11) is 0. The molecule has 0 aliphatic carbocycles. The Kier molecular flexibility index (Phi) is 7.02. The van der Waals surface area contributed by atoms with E-state index in [4.69, 9.17) is 5.11 Å². The largest absolute Gasteiger partial charge is 0.481 e. The first-order valence-corrected chi connectivity index (χ1v) is 7.01. The van der Waals surface area contributed by atoms with E-state index in [1.807, 2.05) is 0 Å². The second-order valence-corrected chi connectivity index (χ2v) is 4.96. The van der Waals surface area contributed by atoms with E-state index in [0.29, 0.717) is 11.6 Å². The molecule has 0 atom stereocenters. The summed E-state index contributed by atoms with van der Waals surface area (Å²) in [6.07, 6.45) is -0.482. The second-order valence-electron chi connectivity index (χ2n) is 4.96. The van der Waals surface area contributed by atoms with Crippen molar-refractivity contribution in [1.82, 2.24) is 0 Å². The van der Waals surface area contributed by atoms with Crippen molar-refractivity contribution in [3.63, 3.8) is 0 Å². The molecule has 0 heterocycles. The minimum Gasteiger partial charge on any atom is -0.481 e. The van der Waals surface area contributed by atoms with E-state index >= 15 is 0 Å². The van der Waals surface area contributed by atoms with Crippen LogP contribution in [-0.4, -0.2) is 26.7 Å². The van der Waals surface area contributed by atoms with Gasteiger partial charge in [0.25, 0.3) is 11.4 Å². The van der Waals surface area contributed by atoms with Crippen LogP contribution in [0.15, 0.2) is 42.5 Å². The predicted octanol–water partition coefficient (Wildman–Crippen LogP) is 3.16. The van der Waals surface area contributed by atoms with Gasteiger partial charge in [-0.05, 0) is 30.7 Å². The van der Waals surface area contributed by atoms with Gasteiger partial charge in [0.05, 0.1) is 22.3 Å². The molecule has 0 amide bonds. The van der Waals surface area contributed by atoms with Crippen molar-refractivity contribution in [2.24, 2.45) is 0 Å². The molecule has 0 bridgehead atoms. The molecule has 0 aliphatic heterocycles. The summed E-state index contributed by atoms with van der Waals surface area (Å²) in [5.74, 6) is -2.15. The zero-order chi connectivity index (χ0) is 19.9. The molecule has 0 radical (unpaired) electrons. The van der Waals surface area contributed by atoms with Crippen molar-refractivity contribution in [1.29, 1.82) is 0 Å². The van der Waals surface area contributed by atoms with Gasteiger partial charge in [0.15, 0.2) is 5.78 Å². The van der Waals surface area contributed by atoms with Crippen molar-refractivity contribution in [2.45, 2.75) is 13.3 Å². The Morgan fingerprint density at radius 3 is 1.88 bits per heavy atom. The van der Waals surface area contributed by atoms with Gasteiger partial charge >= 0.3 is 5.97 Å². The van der Waals surface area contributed by atoms with Crippen molar-refractivity contribution < 1.29 is 28.9 Å². The maximum absolute atomic E-state index is 13.0. The number of hydrogen-bond acceptors (Lipinski definition) is 6. The summed E-state index contributed by atoms with van der Waals surface area (Å²) < 4.78 is 13.0. The highest BCUT2D eigenvalue weighted by Gasteiger charge is 2.12. The predicted molar refractivity (Wildman–Crippen MR) is 87.5 cm³/mol. The molecule has 26 heavy (non-hydrogen) atoms. The molecule has 0 unspecified atom stereocenters. The summed E-state index contributed by atoms with van der Waals surface area (Å²) in [4.78, 5) is 40.2. The van der Waals surface area contributed by atoms with E-state index in [1.54, 1.807) is 0 Å². The van der Waals surface area contributed by atoms with Crippen LogP contribution < -0.4 is 0 Å². The lowest BCUT2D eigenvalue weighted by atomic mass is 10.1. The molecule has 0 aromatic heterocycles. The Labute approximate surface area is 146 Å². The highest BCUT2D eigenvalue weighted by Crippen LogP contribution is 2.16. The molecule has 136 valence electrons. The van der Waals surface area contributed by atoms with Gasteiger partial charge in [-0.3, -0.25) is 29.8 Å². The highest BCUT2D eigenvalue weighted by molar-refractivity contribution is 5.94. The van der Waals surface area contributed by atoms with Gasteiger partial charge in [-0.2, -0.15) is 0 Å². The number of ketones is 1. The third kappa shape index (κ3) is 6.07. The number of nitro benzene ring substituents is 2. The van der Waals surface area contributed by atoms with Gasteiger partial charge in [0, 0.05) is 23.8 Å². The van der Waals surface area contributed by atoms with Crippen LogP contribution in [0.5, 0.6) is 0 Å². The molecular formula is C16H13FN2O7. The number of halogens is 1. The maximum atomic E-state index is 13.0. The number of carboxylic acid groups (broad SMARTS) is 1. The summed E-state index contributed by atoms with van der Waals surface area (Å²) in [6.45, 7) is 1.42. The normalized spacial score (nSPS) is 9.62. The van der Waals surface area contributed by atoms with Crippen LogP contribution in [0, 0.1) is 26.0 Å². The molecule has 2 aromatic rings. The molecule has 2 rings (SSSR count). The Morgan fingerprint density at radius 2 is 1.50 bits per heavy atom. The number of carbonyl (C=O) groups excluding carboxylic acids is 1. The molecule has 10 heteroatoms. The highest BCUT2D eigenvalue weighted by atomic mass is 19.1. The number of benzene rings is 2. The lowest BCUT2D eigenvalue weighted by Crippen LogP contribution is -2.02. The number of nitro groups is 2. The van der Waals surface area contributed by atoms with E-state index in [0.717, 1.165) is 12.1 Å². The number of Topliss-reactive ketones (excluding diaryl/α,β-unsaturated/α-hetero) is 1. The van der Waals surface area contributed by atoms with Crippen molar-refractivity contribution in [3.05, 3.63) is 79.6 Å². The number of hydrogen-bond donors (Lipinski definition) is 1. The summed E-state index contributed by atoms with van der Waals surface area (Å²) in [6, 6.07) is 8.40. The van der Waals surface area contributed by atoms with Crippen LogP contribution >= 0.6 is 0 Å². The van der Waals surface area contributed by atoms with Crippen LogP contribution in [0.1, 0.15) is 22.8 Å². The molecule has 0 fully saturated rings. The van der Waals surface area contributed by atoms with Gasteiger partial charge in [-0.15, -0.1) is 0 Å². The Hall–Kier alpha value is -3.69. The van der Waals surface area contributed by atoms with Crippen LogP contribution in [0.4, 0.5) is 15.8 Å². The molecule has 0 saturated carbocycles. The van der Waals surface area contributed by atoms with Gasteiger partial charge in [0.2, 0.25) is 0 Å². The van der Waals surface area contributed by atoms with Crippen LogP contribution in [0.3, 0.4) is 0 Å². The molecular weight excluding hydrogens is 351 g/mol. The zero-order valence-corrected chi connectivity index (χ0v) is 13.4. The fraction of sp³-hybridized carbons (Fsp3) is 0.125. The molecule has 0 spiro atoms. The summed E-state index contributed by atoms with van der Waals surface area (Å²) >= 11 is 0. The monoisotopic (exact) mass is 364 g/mol. The zero-order valence-electron chi connectivity index (χ0n) is 13.4. The standard InChI is InChI=1S/C8H6FNO4.C8H7NO3/c9-7-4-6(10(13)14)2-1-5(7)3-8(11)12;1-6(10)7-2-4-8(5-3-7)9(11)12/h1-2,4H,3H2,(H,11,12);2-5H,1H3. The van der Waals surface area contributed by atoms with E-state index in [-0.39, 0.29) is 17.0 Å². The van der Waals surface area contributed by atoms with E-state index in [2.05, 4.69) is 0 Å². The lowest BCUT2D eigenvalue weighted by Gasteiger charge is -1.98. The van der Waals surface area contributed by atoms with Crippen molar-refractivity contribution >= 4 is 23.1 Å². The minimum absolute atomic E-state index is 0.000000000000000222. The smallest absolute Gasteiger partial charge is 0.307 e. The Morgan fingerprint density at radius 1 is 1.00 bits per heavy atom. The topological polar surface area (TPSA) is 141 Å². The van der Waals surface area contributed by atoms with Crippen LogP contribution in [0.2, 0.25) is 0 Å². The Bertz CT molecular complexity index is 817. The van der Waals surface area contributed by atoms with E-state index in [1.165, 1.54) is 31.2 Å². The summed E-state index contributed by atoms with van der Waals surface area (Å²) in [5.41, 5.74) is 0.0281. The van der Waals surface area contributed by atoms with Crippen molar-refractivity contribution in [3.8, 4) is 0 Å². The molecule has 2 aromatic carbocycles. The van der Waals surface area contributed by atoms with Gasteiger partial charge in [-0.1, -0.05) is 0 Å². The Balaban J connectivity index is 0.000000263. The second kappa shape index (κ2) is 8.97. The first kappa shape index (κ1) is 20.4. The van der Waals surface area contributed by atoms with Gasteiger partial charge in [-0.25, -0.2) is 4.39 Å². The number of carboxylic acids is 1. The molecule has 0 saturated heterocycles. The molecule has 9 nitrogen and oxygen atoms in total. The average molecular weight is 364 g/mol. The third-order valence-corrected chi connectivity index (χ3v) is 3.07. The van der Waals surface area contributed by atoms with Gasteiger partial charge in [0.1, 0.15) is 5.82 Å². The molecule has 0 aliphatic rings. The van der Waals surface area contributed by atoms with Crippen LogP contribution in [-0.2, 0) is 11.2 Å². The molecule has 1 N–H and O–H groups in total. The number of carbonyl (C=O) groups is 2. The summed E-state index contributed by atoms with van der Waals surface area (Å²) in [5, 5.41) is 28.8. The first-order valence-electron chi connectivity index (χ1n) is 7.01. The lowest BCUT2D eigenvalue weighted by molar-refractivity contribution is -0.385. The van der Waals surface area contributed by atoms with Gasteiger partial charge < -0.3 is 5.11 Å². The minimum atomic E-state index is -1.18. The van der Waals surface area contributed by atoms with Crippen LogP contribution in [0.25, 0.3) is 0 Å². The van der Waals surface area contributed by atoms with E-state index in [9.17, 15) is 34.2 Å². The SMILES string of the molecule is CC(=O)c1ccc([N+](=O)[O-])cc1.O=C(O)Cc1ccc([N+](=O)[O-])cc1F. The fourth-order valence-corrected chi connectivity index (χ4v) is 1.77. The number of nitrogens with zero attached hydrogens (tertiary/aromatic N) is 2. The number of non-ortho nitro benzene ring substituents is 2. The third-order valence-electron chi connectivity index (χ3n) is 3.07. The van der Waals surface area contributed by atoms with Crippen molar-refractivity contribution in [2.75, 3.05) is 0 Å².